The van der Waals surface area contributed by atoms with Crippen LogP contribution in [0.15, 0.2) is 42.5 Å². The molecule has 0 bridgehead atoms. The first-order valence-electron chi connectivity index (χ1n) is 11.2. The van der Waals surface area contributed by atoms with Gasteiger partial charge in [-0.1, -0.05) is 54.8 Å². The molecule has 1 radical (unpaired) electrons. The third kappa shape index (κ3) is 7.94. The van der Waals surface area contributed by atoms with E-state index in [1.165, 1.54) is 22.3 Å². The minimum atomic E-state index is 0. The van der Waals surface area contributed by atoms with Crippen LogP contribution >= 0.6 is 12.4 Å². The number of ketones is 1. The van der Waals surface area contributed by atoms with E-state index in [-0.39, 0.29) is 56.5 Å². The normalized spacial score (nSPS) is 17.1. The molecule has 4 rings (SSSR count). The number of halogens is 1. The first-order chi connectivity index (χ1) is 14.2. The number of Topliss-reactive ketones (excluding diaryl/α,β-unsaturated/α-hetero) is 1. The zero-order valence-electron chi connectivity index (χ0n) is 18.7. The summed E-state index contributed by atoms with van der Waals surface area (Å²) in [5.74, 6) is 1.00. The Bertz CT molecular complexity index is 834. The summed E-state index contributed by atoms with van der Waals surface area (Å²) in [7, 11) is 0. The van der Waals surface area contributed by atoms with Gasteiger partial charge in [-0.05, 0) is 54.9 Å². The van der Waals surface area contributed by atoms with Gasteiger partial charge in [0, 0.05) is 75.7 Å². The number of carbonyl (C=O) groups excluding carboxylic acids is 1. The molecule has 0 aromatic heterocycles. The van der Waals surface area contributed by atoms with Gasteiger partial charge in [-0.3, -0.25) is 9.69 Å². The second-order valence-corrected chi connectivity index (χ2v) is 8.82. The molecule has 0 atom stereocenters. The quantitative estimate of drug-likeness (QED) is 0.372. The minimum absolute atomic E-state index is 0. The van der Waals surface area contributed by atoms with Crippen LogP contribution in [0.3, 0.4) is 0 Å². The van der Waals surface area contributed by atoms with Gasteiger partial charge in [0.1, 0.15) is 0 Å². The largest absolute Gasteiger partial charge is 0.662 e. The zero-order chi connectivity index (χ0) is 20.1. The molecule has 1 fully saturated rings. The molecule has 0 aliphatic carbocycles. The molecule has 0 saturated carbocycles. The second kappa shape index (κ2) is 13.5. The Kier molecular flexibility index (Phi) is 11.7. The fraction of sp³-hybridized carbons (Fsp3) is 0.500. The molecule has 31 heavy (non-hydrogen) atoms. The van der Waals surface area contributed by atoms with Crippen molar-refractivity contribution in [1.82, 2.24) is 4.90 Å². The maximum Gasteiger partial charge on any atom is 0.162 e. The number of fused-ring (bicyclic) bond motifs is 1. The molecular weight excluding hydrogens is 619 g/mol. The van der Waals surface area contributed by atoms with Crippen molar-refractivity contribution in [2.45, 2.75) is 52.0 Å². The van der Waals surface area contributed by atoms with Crippen molar-refractivity contribution in [2.24, 2.45) is 5.92 Å². The van der Waals surface area contributed by atoms with Crippen LogP contribution in [0.25, 0.3) is 5.32 Å². The number of carbonyl (C=O) groups is 1. The monoisotopic (exact) mass is 652 g/mol. The first kappa shape index (κ1) is 27.0. The van der Waals surface area contributed by atoms with Gasteiger partial charge in [-0.2, -0.15) is 0 Å². The van der Waals surface area contributed by atoms with Crippen LogP contribution in [-0.4, -0.2) is 36.9 Å². The Morgan fingerprint density at radius 1 is 1.00 bits per heavy atom. The van der Waals surface area contributed by atoms with Gasteiger partial charge in [-0.15, -0.1) is 25.5 Å². The van der Waals surface area contributed by atoms with Gasteiger partial charge in [-0.25, -0.2) is 0 Å². The number of nitrogens with zero attached hydrogens (tertiary/aromatic N) is 2. The van der Waals surface area contributed by atoms with Crippen LogP contribution in [0.5, 0.6) is 0 Å². The predicted octanol–water partition coefficient (Wildman–Crippen LogP) is 5.76. The summed E-state index contributed by atoms with van der Waals surface area (Å²) in [6.45, 7) is 7.25. The third-order valence-electron chi connectivity index (χ3n) is 6.62. The van der Waals surface area contributed by atoms with Crippen molar-refractivity contribution in [2.75, 3.05) is 26.2 Å². The summed E-state index contributed by atoms with van der Waals surface area (Å²) in [6.07, 6.45) is 6.13. The molecule has 5 heteroatoms. The summed E-state index contributed by atoms with van der Waals surface area (Å²) >= 11 is 0. The van der Waals surface area contributed by atoms with Crippen molar-refractivity contribution in [1.29, 1.82) is 0 Å². The third-order valence-corrected chi connectivity index (χ3v) is 6.62. The first-order valence-corrected chi connectivity index (χ1v) is 11.2. The molecule has 0 spiro atoms. The van der Waals surface area contributed by atoms with E-state index < -0.39 is 0 Å². The second-order valence-electron chi connectivity index (χ2n) is 8.82. The Balaban J connectivity index is 0.00000171. The van der Waals surface area contributed by atoms with Crippen LogP contribution < -0.4 is 0 Å². The van der Waals surface area contributed by atoms with Crippen molar-refractivity contribution >= 4 is 18.2 Å². The molecule has 2 heterocycles. The number of aryl methyl sites for hydroxylation is 1. The number of benzene rings is 2. The average molecular weight is 653 g/mol. The number of hydrogen-bond acceptors (Lipinski definition) is 2. The van der Waals surface area contributed by atoms with Crippen LogP contribution in [0.1, 0.15) is 58.3 Å². The number of hydrogen-bond donors (Lipinski definition) is 0. The van der Waals surface area contributed by atoms with Gasteiger partial charge in [0.25, 0.3) is 0 Å². The van der Waals surface area contributed by atoms with Crippen LogP contribution in [0.4, 0.5) is 0 Å². The van der Waals surface area contributed by atoms with Gasteiger partial charge >= 0.3 is 0 Å². The standard InChI is InChI=1S/C26H33N2O.Ac.ClH/c1-20-2-4-22(5-3-20)19-28-16-12-23-7-8-25(18-24(23)13-17-28)26(29)9-6-21-10-14-27-15-11-21;;/h2-5,7-8,18,21H,6,9-17,19H2,1H3;;1H/q-1;;. The van der Waals surface area contributed by atoms with E-state index in [0.717, 1.165) is 70.4 Å². The average Bonchev–Trinajstić information content (AvgIpc) is 2.96. The van der Waals surface area contributed by atoms with Gasteiger partial charge in [0.05, 0.1) is 0 Å². The summed E-state index contributed by atoms with van der Waals surface area (Å²) in [5, 5.41) is 4.42. The van der Waals surface area contributed by atoms with Crippen molar-refractivity contribution in [3.63, 3.8) is 0 Å². The zero-order valence-corrected chi connectivity index (χ0v) is 24.2. The van der Waals surface area contributed by atoms with Crippen molar-refractivity contribution < 1.29 is 48.9 Å². The van der Waals surface area contributed by atoms with E-state index in [1.807, 2.05) is 0 Å². The SMILES string of the molecule is Cc1ccc(CN2CCc3ccc(C(=O)CCC4CC[N-]CC4)cc3CC2)cc1.Cl.[Ac]. The van der Waals surface area contributed by atoms with Gasteiger partial charge in [0.2, 0.25) is 0 Å². The summed E-state index contributed by atoms with van der Waals surface area (Å²) < 4.78 is 0. The fourth-order valence-electron chi connectivity index (χ4n) is 4.63. The van der Waals surface area contributed by atoms with Crippen LogP contribution in [0, 0.1) is 56.9 Å². The van der Waals surface area contributed by atoms with E-state index in [2.05, 4.69) is 59.6 Å². The van der Waals surface area contributed by atoms with Crippen LogP contribution in [-0.2, 0) is 19.4 Å². The van der Waals surface area contributed by atoms with E-state index in [4.69, 9.17) is 0 Å². The van der Waals surface area contributed by atoms with E-state index in [1.54, 1.807) is 0 Å². The summed E-state index contributed by atoms with van der Waals surface area (Å²) in [5.41, 5.74) is 6.40. The van der Waals surface area contributed by atoms with Crippen molar-refractivity contribution in [3.8, 4) is 0 Å². The molecular formula is C26H34AcClN2O-. The van der Waals surface area contributed by atoms with E-state index >= 15 is 0 Å². The molecule has 165 valence electrons. The number of rotatable bonds is 6. The molecule has 0 N–H and O–H groups in total. The van der Waals surface area contributed by atoms with Crippen molar-refractivity contribution in [3.05, 3.63) is 75.6 Å². The van der Waals surface area contributed by atoms with Crippen LogP contribution in [0.2, 0.25) is 0 Å². The summed E-state index contributed by atoms with van der Waals surface area (Å²) in [6, 6.07) is 15.3. The molecule has 3 nitrogen and oxygen atoms in total. The maximum absolute atomic E-state index is 12.8. The molecule has 2 aromatic rings. The van der Waals surface area contributed by atoms with E-state index in [9.17, 15) is 4.79 Å². The minimum Gasteiger partial charge on any atom is -0.662 e. The Morgan fingerprint density at radius 2 is 1.68 bits per heavy atom. The molecule has 2 aromatic carbocycles. The van der Waals surface area contributed by atoms with Gasteiger partial charge < -0.3 is 5.32 Å². The fourth-order valence-corrected chi connectivity index (χ4v) is 4.63. The maximum atomic E-state index is 12.8. The summed E-state index contributed by atoms with van der Waals surface area (Å²) in [4.78, 5) is 15.3. The Labute approximate surface area is 229 Å². The molecule has 0 amide bonds. The van der Waals surface area contributed by atoms with E-state index in [0.29, 0.717) is 18.1 Å². The molecule has 2 aliphatic heterocycles. The number of piperidine rings is 1. The van der Waals surface area contributed by atoms with Gasteiger partial charge in [0.15, 0.2) is 5.78 Å². The Hall–Kier alpha value is -0.238. The molecule has 0 unspecified atom stereocenters. The topological polar surface area (TPSA) is 34.4 Å². The molecule has 2 aliphatic rings. The Morgan fingerprint density at radius 3 is 2.39 bits per heavy atom. The predicted molar refractivity (Wildman–Crippen MR) is 127 cm³/mol. The smallest absolute Gasteiger partial charge is 0.162 e. The molecule has 1 saturated heterocycles.